The third-order valence-electron chi connectivity index (χ3n) is 9.56. The summed E-state index contributed by atoms with van der Waals surface area (Å²) in [6.45, 7) is 32.1. The van der Waals surface area contributed by atoms with Gasteiger partial charge in [-0.05, 0) is 52.6 Å². The average Bonchev–Trinajstić information content (AvgIpc) is 3.07. The van der Waals surface area contributed by atoms with Crippen molar-refractivity contribution in [3.05, 3.63) is 61.9 Å². The van der Waals surface area contributed by atoms with Gasteiger partial charge in [0.05, 0.1) is 0 Å². The van der Waals surface area contributed by atoms with Crippen molar-refractivity contribution in [2.75, 3.05) is 0 Å². The molecule has 4 rings (SSSR count). The Bertz CT molecular complexity index is 1040. The quantitative estimate of drug-likeness (QED) is 0.288. The molecule has 0 atom stereocenters. The van der Waals surface area contributed by atoms with Crippen molar-refractivity contribution in [2.45, 2.75) is 151 Å². The van der Waals surface area contributed by atoms with Crippen molar-refractivity contribution in [1.29, 1.82) is 0 Å². The largest absolute Gasteiger partial charge is 1.00 e. The molecule has 0 radical (unpaired) electrons. The summed E-state index contributed by atoms with van der Waals surface area (Å²) in [5, 5.41) is 1.68. The van der Waals surface area contributed by atoms with E-state index in [1.807, 2.05) is 0 Å². The summed E-state index contributed by atoms with van der Waals surface area (Å²) >= 11 is -0.556. The number of hydrogen-bond donors (Lipinski definition) is 0. The Hall–Kier alpha value is 1.67. The summed E-state index contributed by atoms with van der Waals surface area (Å²) in [6, 6.07) is 5.55. The van der Waals surface area contributed by atoms with Gasteiger partial charge >= 0.3 is 73.4 Å². The fourth-order valence-electron chi connectivity index (χ4n) is 7.32. The summed E-state index contributed by atoms with van der Waals surface area (Å²) in [4.78, 5) is 10.7. The molecule has 2 nitrogen and oxygen atoms in total. The standard InChI is InChI=1S/C16H28NSi.C16H27NSi.CH3.2ClH.2Li.Ti/c2*1-11-12(2)14(4)15(13(11)3)18(9-8-10-18)17-16(5,6)7;;;;;;/h15H,8-10H2,1-7H3;8-10H2,1-7H3;1H3;2*1H;;;/q-1;-2;-1;;;2*+1;+2/p-2. The van der Waals surface area contributed by atoms with Gasteiger partial charge in [0.15, 0.2) is 0 Å². The van der Waals surface area contributed by atoms with Gasteiger partial charge in [-0.2, -0.15) is 27.4 Å². The van der Waals surface area contributed by atoms with Crippen LogP contribution >= 0.6 is 18.6 Å². The van der Waals surface area contributed by atoms with Crippen LogP contribution in [0.4, 0.5) is 0 Å². The molecule has 1 aliphatic carbocycles. The minimum absolute atomic E-state index is 0. The van der Waals surface area contributed by atoms with E-state index in [1.165, 1.54) is 48.1 Å². The SMILES string of the molecule is CC1=C(C)C([Si]2([N-]C(C)(C)C)CCC2)C(C)=C1C.Cc1c(C)c(C)[c-]([Si]2([N-]C(C)(C)C)CCC2)c1C.[CH3-].[Cl][Ti][Cl].[Li+].[Li+]. The van der Waals surface area contributed by atoms with E-state index in [1.54, 1.807) is 38.6 Å². The van der Waals surface area contributed by atoms with Crippen LogP contribution in [0.25, 0.3) is 9.96 Å². The van der Waals surface area contributed by atoms with Crippen molar-refractivity contribution >= 4 is 40.3 Å². The van der Waals surface area contributed by atoms with E-state index in [0.29, 0.717) is 5.54 Å². The maximum absolute atomic E-state index is 5.37. The first kappa shape index (κ1) is 45.8. The van der Waals surface area contributed by atoms with Gasteiger partial charge in [0.1, 0.15) is 0 Å². The number of rotatable bonds is 4. The van der Waals surface area contributed by atoms with Gasteiger partial charge in [-0.15, -0.1) is 11.1 Å². The minimum Gasteiger partial charge on any atom is 1.00 e. The molecule has 1 aromatic rings. The van der Waals surface area contributed by atoms with E-state index in [2.05, 4.69) is 96.9 Å². The second kappa shape index (κ2) is 17.7. The van der Waals surface area contributed by atoms with Gasteiger partial charge in [0.2, 0.25) is 0 Å². The van der Waals surface area contributed by atoms with Crippen LogP contribution < -0.4 is 42.9 Å². The fraction of sp³-hybridized carbons (Fsp3) is 0.697. The van der Waals surface area contributed by atoms with Gasteiger partial charge in [0, 0.05) is 0 Å². The van der Waals surface area contributed by atoms with Crippen LogP contribution in [0.15, 0.2) is 22.3 Å². The summed E-state index contributed by atoms with van der Waals surface area (Å²) in [5.41, 5.74) is 13.4. The van der Waals surface area contributed by atoms with Gasteiger partial charge < -0.3 is 17.4 Å². The molecule has 2 aliphatic heterocycles. The maximum atomic E-state index is 5.37. The zero-order chi connectivity index (χ0) is 30.1. The first-order valence-corrected chi connectivity index (χ1v) is 23.9. The first-order chi connectivity index (χ1) is 17.8. The third kappa shape index (κ3) is 10.3. The molecular formula is C33H58Cl2Li2N2Si2Ti-2. The van der Waals surface area contributed by atoms with E-state index in [0.717, 1.165) is 0 Å². The zero-order valence-corrected chi connectivity index (χ0v) is 35.5. The Labute approximate surface area is 304 Å². The molecule has 3 aliphatic rings. The summed E-state index contributed by atoms with van der Waals surface area (Å²) in [5.74, 6) is 0. The van der Waals surface area contributed by atoms with E-state index in [4.69, 9.17) is 28.6 Å². The molecule has 230 valence electrons. The van der Waals surface area contributed by atoms with E-state index in [9.17, 15) is 0 Å². The molecule has 0 unspecified atom stereocenters. The molecule has 9 heteroatoms. The fourth-order valence-corrected chi connectivity index (χ4v) is 17.6. The Morgan fingerprint density at radius 3 is 1.24 bits per heavy atom. The van der Waals surface area contributed by atoms with Gasteiger partial charge in [-0.3, -0.25) is 0 Å². The average molecular weight is 672 g/mol. The topological polar surface area (TPSA) is 28.2 Å². The molecular weight excluding hydrogens is 613 g/mol. The van der Waals surface area contributed by atoms with Crippen molar-refractivity contribution in [3.63, 3.8) is 0 Å². The molecule has 2 saturated heterocycles. The van der Waals surface area contributed by atoms with Crippen LogP contribution in [-0.2, 0) is 17.0 Å². The van der Waals surface area contributed by atoms with Crippen LogP contribution in [0.3, 0.4) is 0 Å². The van der Waals surface area contributed by atoms with Gasteiger partial charge in [0.25, 0.3) is 0 Å². The molecule has 2 heterocycles. The molecule has 0 bridgehead atoms. The van der Waals surface area contributed by atoms with E-state index < -0.39 is 33.5 Å². The Morgan fingerprint density at radius 1 is 0.667 bits per heavy atom. The number of halogens is 2. The predicted molar refractivity (Wildman–Crippen MR) is 185 cm³/mol. The normalized spacial score (nSPS) is 19.0. The van der Waals surface area contributed by atoms with E-state index >= 15 is 0 Å². The van der Waals surface area contributed by atoms with Crippen LogP contribution in [0.5, 0.6) is 0 Å². The Morgan fingerprint density at radius 2 is 1.00 bits per heavy atom. The van der Waals surface area contributed by atoms with Crippen LogP contribution in [0.2, 0.25) is 29.7 Å². The molecule has 0 spiro atoms. The van der Waals surface area contributed by atoms with Crippen molar-refractivity contribution in [1.82, 2.24) is 0 Å². The third-order valence-corrected chi connectivity index (χ3v) is 20.2. The van der Waals surface area contributed by atoms with Crippen LogP contribution in [0.1, 0.15) is 104 Å². The molecule has 42 heavy (non-hydrogen) atoms. The minimum atomic E-state index is -1.53. The Kier molecular flexibility index (Phi) is 19.3. The second-order valence-electron chi connectivity index (χ2n) is 14.4. The molecule has 0 saturated carbocycles. The Balaban J connectivity index is 0. The van der Waals surface area contributed by atoms with Gasteiger partial charge in [-0.25, -0.2) is 0 Å². The summed E-state index contributed by atoms with van der Waals surface area (Å²) in [7, 11) is 6.80. The van der Waals surface area contributed by atoms with Crippen molar-refractivity contribution in [2.24, 2.45) is 0 Å². The number of nitrogens with zero attached hydrogens (tertiary/aromatic N) is 2. The van der Waals surface area contributed by atoms with Crippen LogP contribution in [-0.4, -0.2) is 27.5 Å². The first-order valence-electron chi connectivity index (χ1n) is 14.8. The van der Waals surface area contributed by atoms with E-state index in [-0.39, 0.29) is 56.2 Å². The van der Waals surface area contributed by atoms with Crippen molar-refractivity contribution < 1.29 is 54.8 Å². The maximum Gasteiger partial charge on any atom is 1.00 e. The molecule has 0 aromatic heterocycles. The molecule has 0 N–H and O–H groups in total. The zero-order valence-electron chi connectivity index (χ0n) is 30.5. The summed E-state index contributed by atoms with van der Waals surface area (Å²) in [6.07, 6.45) is 2.79. The van der Waals surface area contributed by atoms with Crippen LogP contribution in [0, 0.1) is 35.1 Å². The summed E-state index contributed by atoms with van der Waals surface area (Å²) < 4.78 is 0. The smallest absolute Gasteiger partial charge is 1.00 e. The second-order valence-corrected chi connectivity index (χ2v) is 24.8. The molecule has 0 amide bonds. The monoisotopic (exact) mass is 670 g/mol. The predicted octanol–water partition coefficient (Wildman–Crippen LogP) is 5.77. The number of hydrogen-bond acceptors (Lipinski definition) is 0. The molecule has 1 aromatic carbocycles. The molecule has 2 fully saturated rings. The number of allylic oxidation sites excluding steroid dienone is 4. The van der Waals surface area contributed by atoms with Crippen molar-refractivity contribution in [3.8, 4) is 0 Å². The van der Waals surface area contributed by atoms with Gasteiger partial charge in [-0.1, -0.05) is 126 Å².